The highest BCUT2D eigenvalue weighted by Crippen LogP contribution is 2.62. The van der Waals surface area contributed by atoms with Crippen LogP contribution in [-0.4, -0.2) is 33.0 Å². The number of nitrogens with zero attached hydrogens (tertiary/aromatic N) is 2. The van der Waals surface area contributed by atoms with Gasteiger partial charge in [-0.2, -0.15) is 0 Å². The van der Waals surface area contributed by atoms with Gasteiger partial charge in [0.25, 0.3) is 0 Å². The average molecular weight is 633 g/mol. The van der Waals surface area contributed by atoms with Crippen LogP contribution in [0, 0.1) is 0 Å². The lowest BCUT2D eigenvalue weighted by molar-refractivity contribution is 0.613. The molecule has 4 bridgehead atoms. The molecule has 0 radical (unpaired) electrons. The molecule has 11 rings (SSSR count). The number of benzene rings is 3. The molecule has 0 amide bonds. The van der Waals surface area contributed by atoms with Gasteiger partial charge < -0.3 is 20.6 Å². The van der Waals surface area contributed by atoms with Crippen molar-refractivity contribution in [1.29, 1.82) is 0 Å². The fraction of sp³-hybridized carbons (Fsp3) is 0.429. The quantitative estimate of drug-likeness (QED) is 0.150. The molecule has 4 N–H and O–H groups in total. The van der Waals surface area contributed by atoms with Crippen molar-refractivity contribution >= 4 is 0 Å². The number of hydrogen-bond acceptors (Lipinski definition) is 4. The molecule has 6 nitrogen and oxygen atoms in total. The first-order valence-corrected chi connectivity index (χ1v) is 18.8. The molecule has 48 heavy (non-hydrogen) atoms. The van der Waals surface area contributed by atoms with Crippen molar-refractivity contribution in [1.82, 2.24) is 30.6 Å². The van der Waals surface area contributed by atoms with Gasteiger partial charge in [0.1, 0.15) is 11.6 Å². The normalized spacial score (nSPS) is 28.1. The minimum absolute atomic E-state index is 0.361. The third-order valence-electron chi connectivity index (χ3n) is 13.1. The summed E-state index contributed by atoms with van der Waals surface area (Å²) in [5, 5.41) is 7.19. The lowest BCUT2D eigenvalue weighted by Crippen LogP contribution is -2.14. The standard InChI is InChI=1S/C42H44N6/c1-3-33(43-17-1)41-45-21-35(47-41)24-7-5-23(6-8-24)29-13-14-30(38-26-10-9-25(19-26)37(29)38)31-15-16-32(40-28-12-11-27(20-28)39(31)40)36-22-46-42(48-36)34-4-2-18-44-34/h5-8,13-16,21-22,25-28,33-34,43-44H,1-4,9-12,17-20H2,(H,45,47)(H,46,48)/t25?,26?,27?,28?,33-,34-/m0/s1. The Hall–Kier alpha value is -4.00. The summed E-state index contributed by atoms with van der Waals surface area (Å²) in [4.78, 5) is 16.9. The summed E-state index contributed by atoms with van der Waals surface area (Å²) in [6.45, 7) is 2.18. The minimum Gasteiger partial charge on any atom is -0.341 e. The zero-order chi connectivity index (χ0) is 31.3. The molecule has 4 fully saturated rings. The average Bonchev–Trinajstić information content (AvgIpc) is 3.99. The van der Waals surface area contributed by atoms with Crippen LogP contribution in [0.2, 0.25) is 0 Å². The third kappa shape index (κ3) is 4.18. The summed E-state index contributed by atoms with van der Waals surface area (Å²) in [5.74, 6) is 4.92. The molecule has 4 heterocycles. The fourth-order valence-corrected chi connectivity index (χ4v) is 11.0. The molecule has 5 aromatic rings. The van der Waals surface area contributed by atoms with Gasteiger partial charge in [-0.1, -0.05) is 48.5 Å². The summed E-state index contributed by atoms with van der Waals surface area (Å²) in [5.41, 5.74) is 17.4. The van der Waals surface area contributed by atoms with Crippen LogP contribution in [0.15, 0.2) is 60.9 Å². The van der Waals surface area contributed by atoms with E-state index in [-0.39, 0.29) is 0 Å². The Morgan fingerprint density at radius 3 is 1.48 bits per heavy atom. The number of hydrogen-bond donors (Lipinski definition) is 4. The van der Waals surface area contributed by atoms with Crippen LogP contribution in [0.5, 0.6) is 0 Å². The summed E-state index contributed by atoms with van der Waals surface area (Å²) < 4.78 is 0. The zero-order valence-electron chi connectivity index (χ0n) is 27.6. The second kappa shape index (κ2) is 10.8. The summed E-state index contributed by atoms with van der Waals surface area (Å²) in [6.07, 6.45) is 16.9. The van der Waals surface area contributed by atoms with Gasteiger partial charge in [0.15, 0.2) is 0 Å². The summed E-state index contributed by atoms with van der Waals surface area (Å²) in [7, 11) is 0. The fourth-order valence-electron chi connectivity index (χ4n) is 11.0. The first-order chi connectivity index (χ1) is 23.8. The number of fused-ring (bicyclic) bond motifs is 10. The molecular weight excluding hydrogens is 589 g/mol. The van der Waals surface area contributed by atoms with E-state index in [0.29, 0.717) is 35.8 Å². The van der Waals surface area contributed by atoms with Crippen molar-refractivity contribution < 1.29 is 0 Å². The van der Waals surface area contributed by atoms with Crippen LogP contribution in [0.3, 0.4) is 0 Å². The van der Waals surface area contributed by atoms with Gasteiger partial charge in [-0.15, -0.1) is 0 Å². The molecule has 242 valence electrons. The lowest BCUT2D eigenvalue weighted by atomic mass is 9.77. The van der Waals surface area contributed by atoms with Gasteiger partial charge in [0, 0.05) is 5.56 Å². The highest BCUT2D eigenvalue weighted by molar-refractivity contribution is 5.85. The van der Waals surface area contributed by atoms with Crippen LogP contribution in [0.25, 0.3) is 44.8 Å². The highest BCUT2D eigenvalue weighted by Gasteiger charge is 2.44. The molecule has 2 saturated carbocycles. The third-order valence-corrected chi connectivity index (χ3v) is 13.1. The Morgan fingerprint density at radius 2 is 0.917 bits per heavy atom. The Morgan fingerprint density at radius 1 is 0.458 bits per heavy atom. The topological polar surface area (TPSA) is 81.4 Å². The monoisotopic (exact) mass is 632 g/mol. The Kier molecular flexibility index (Phi) is 6.25. The van der Waals surface area contributed by atoms with Gasteiger partial charge in [-0.25, -0.2) is 9.97 Å². The largest absolute Gasteiger partial charge is 0.341 e. The van der Waals surface area contributed by atoms with E-state index in [1.165, 1.54) is 96.9 Å². The maximum atomic E-state index is 4.87. The van der Waals surface area contributed by atoms with E-state index in [4.69, 9.17) is 9.97 Å². The van der Waals surface area contributed by atoms with E-state index in [9.17, 15) is 0 Å². The van der Waals surface area contributed by atoms with Gasteiger partial charge in [0.05, 0.1) is 35.9 Å². The first-order valence-electron chi connectivity index (χ1n) is 18.8. The van der Waals surface area contributed by atoms with E-state index >= 15 is 0 Å². The van der Waals surface area contributed by atoms with E-state index in [2.05, 4.69) is 75.3 Å². The number of nitrogens with one attached hydrogen (secondary N) is 4. The van der Waals surface area contributed by atoms with Crippen molar-refractivity contribution in [2.24, 2.45) is 0 Å². The smallest absolute Gasteiger partial charge is 0.123 e. The maximum Gasteiger partial charge on any atom is 0.123 e. The summed E-state index contributed by atoms with van der Waals surface area (Å²) >= 11 is 0. The summed E-state index contributed by atoms with van der Waals surface area (Å²) in [6, 6.07) is 19.9. The number of rotatable bonds is 6. The van der Waals surface area contributed by atoms with Gasteiger partial charge in [-0.05, 0) is 151 Å². The van der Waals surface area contributed by atoms with Crippen LogP contribution in [0.4, 0.5) is 0 Å². The van der Waals surface area contributed by atoms with Crippen molar-refractivity contribution in [3.8, 4) is 44.8 Å². The van der Waals surface area contributed by atoms with Gasteiger partial charge >= 0.3 is 0 Å². The lowest BCUT2D eigenvalue weighted by Gasteiger charge is -2.27. The Labute approximate surface area is 282 Å². The number of aromatic nitrogens is 4. The second-order valence-electron chi connectivity index (χ2n) is 15.6. The molecule has 2 aliphatic heterocycles. The molecule has 6 atom stereocenters. The predicted octanol–water partition coefficient (Wildman–Crippen LogP) is 9.38. The van der Waals surface area contributed by atoms with E-state index in [0.717, 1.165) is 36.9 Å². The van der Waals surface area contributed by atoms with E-state index in [1.54, 1.807) is 22.3 Å². The number of H-pyrrole nitrogens is 2. The van der Waals surface area contributed by atoms with E-state index < -0.39 is 0 Å². The van der Waals surface area contributed by atoms with Crippen LogP contribution in [0.1, 0.15) is 134 Å². The second-order valence-corrected chi connectivity index (χ2v) is 15.6. The van der Waals surface area contributed by atoms with Gasteiger partial charge in [-0.3, -0.25) is 0 Å². The van der Waals surface area contributed by atoms with Gasteiger partial charge in [0.2, 0.25) is 0 Å². The molecule has 3 aromatic carbocycles. The minimum atomic E-state index is 0.361. The maximum absolute atomic E-state index is 4.87. The molecule has 2 saturated heterocycles. The number of imidazole rings is 2. The van der Waals surface area contributed by atoms with Crippen LogP contribution < -0.4 is 10.6 Å². The molecule has 0 spiro atoms. The predicted molar refractivity (Wildman–Crippen MR) is 191 cm³/mol. The molecular formula is C42H44N6. The van der Waals surface area contributed by atoms with Crippen molar-refractivity contribution in [2.75, 3.05) is 13.1 Å². The Bertz CT molecular complexity index is 2040. The SMILES string of the molecule is c1cc(-c2ccc(-c3ccc(-c4cnc([C@@H]5CCCN5)[nH]4)c4c3C3CCC4C3)c3c2C2CCC3C2)ccc1-c1cnc([C@@H]2CCCN2)[nH]1. The molecule has 2 aromatic heterocycles. The zero-order valence-corrected chi connectivity index (χ0v) is 27.6. The number of aromatic amines is 2. The van der Waals surface area contributed by atoms with Crippen LogP contribution in [-0.2, 0) is 0 Å². The van der Waals surface area contributed by atoms with Crippen LogP contribution >= 0.6 is 0 Å². The van der Waals surface area contributed by atoms with Crippen molar-refractivity contribution in [2.45, 2.75) is 100.0 Å². The van der Waals surface area contributed by atoms with Crippen molar-refractivity contribution in [3.05, 3.63) is 94.8 Å². The molecule has 4 unspecified atom stereocenters. The molecule has 6 aliphatic rings. The highest BCUT2D eigenvalue weighted by atomic mass is 15.0. The van der Waals surface area contributed by atoms with Crippen molar-refractivity contribution in [3.63, 3.8) is 0 Å². The van der Waals surface area contributed by atoms with E-state index in [1.807, 2.05) is 6.20 Å². The Balaban J connectivity index is 0.975. The molecule has 4 aliphatic carbocycles. The first kappa shape index (κ1) is 27.9. The molecule has 6 heteroatoms.